The van der Waals surface area contributed by atoms with Gasteiger partial charge in [0.2, 0.25) is 11.8 Å². The van der Waals surface area contributed by atoms with Crippen LogP contribution < -0.4 is 5.32 Å². The molecule has 3 fully saturated rings. The number of hydrogen-bond acceptors (Lipinski definition) is 2. The number of nitrogens with one attached hydrogen (secondary N) is 1. The van der Waals surface area contributed by atoms with Crippen LogP contribution in [0.3, 0.4) is 0 Å². The Bertz CT molecular complexity index is 754. The van der Waals surface area contributed by atoms with Crippen molar-refractivity contribution in [3.63, 3.8) is 0 Å². The van der Waals surface area contributed by atoms with E-state index in [1.165, 1.54) is 0 Å². The third kappa shape index (κ3) is 3.23. The molecule has 0 bridgehead atoms. The molecule has 9 heteroatoms. The van der Waals surface area contributed by atoms with Crippen LogP contribution in [0, 0.1) is 12.3 Å². The average Bonchev–Trinajstić information content (AvgIpc) is 3.18. The van der Waals surface area contributed by atoms with Crippen molar-refractivity contribution in [1.29, 1.82) is 0 Å². The first-order valence-electron chi connectivity index (χ1n) is 9.35. The van der Waals surface area contributed by atoms with Gasteiger partial charge in [0, 0.05) is 30.7 Å². The standard InChI is InChI=1S/C18H22F5N3O/c1-10-14(11-7-17(19,20)8-11)25-26(12-3-2-4-12)15(10)24-13(27)9-16(5-6-16)18(21,22)23/h11-12H,2-9H2,1H3,(H,24,27). The van der Waals surface area contributed by atoms with Crippen molar-refractivity contribution in [3.8, 4) is 0 Å². The maximum atomic E-state index is 13.3. The number of aromatic nitrogens is 2. The molecule has 1 aromatic heterocycles. The number of rotatable bonds is 5. The van der Waals surface area contributed by atoms with Crippen LogP contribution in [0.1, 0.15) is 74.6 Å². The average molecular weight is 391 g/mol. The summed E-state index contributed by atoms with van der Waals surface area (Å²) in [7, 11) is 0. The number of halogens is 5. The molecular formula is C18H22F5N3O. The minimum Gasteiger partial charge on any atom is -0.311 e. The molecule has 0 aromatic carbocycles. The van der Waals surface area contributed by atoms with E-state index in [9.17, 15) is 26.7 Å². The minimum atomic E-state index is -4.39. The van der Waals surface area contributed by atoms with Crippen molar-refractivity contribution in [2.45, 2.75) is 82.3 Å². The van der Waals surface area contributed by atoms with Gasteiger partial charge in [0.05, 0.1) is 17.2 Å². The number of nitrogens with zero attached hydrogens (tertiary/aromatic N) is 2. The fourth-order valence-electron chi connectivity index (χ4n) is 4.02. The van der Waals surface area contributed by atoms with Crippen LogP contribution in [0.25, 0.3) is 0 Å². The Kier molecular flexibility index (Phi) is 4.09. The molecular weight excluding hydrogens is 369 g/mol. The lowest BCUT2D eigenvalue weighted by Gasteiger charge is -2.34. The fraction of sp³-hybridized carbons (Fsp3) is 0.778. The second kappa shape index (κ2) is 5.91. The van der Waals surface area contributed by atoms with Gasteiger partial charge in [-0.3, -0.25) is 4.79 Å². The number of hydrogen-bond donors (Lipinski definition) is 1. The maximum absolute atomic E-state index is 13.3. The van der Waals surface area contributed by atoms with Crippen molar-refractivity contribution in [2.24, 2.45) is 5.41 Å². The Labute approximate surface area is 153 Å². The van der Waals surface area contributed by atoms with Gasteiger partial charge < -0.3 is 5.32 Å². The second-order valence-electron chi connectivity index (χ2n) is 8.35. The van der Waals surface area contributed by atoms with Gasteiger partial charge in [0.25, 0.3) is 0 Å². The van der Waals surface area contributed by atoms with Gasteiger partial charge in [0.1, 0.15) is 5.82 Å². The number of carbonyl (C=O) groups is 1. The Balaban J connectivity index is 1.54. The van der Waals surface area contributed by atoms with Gasteiger partial charge >= 0.3 is 6.18 Å². The highest BCUT2D eigenvalue weighted by Crippen LogP contribution is 2.60. The number of alkyl halides is 5. The molecule has 0 unspecified atom stereocenters. The van der Waals surface area contributed by atoms with E-state index < -0.39 is 29.8 Å². The summed E-state index contributed by atoms with van der Waals surface area (Å²) in [4.78, 5) is 12.3. The summed E-state index contributed by atoms with van der Waals surface area (Å²) in [5.41, 5.74) is -0.793. The summed E-state index contributed by atoms with van der Waals surface area (Å²) in [6, 6.07) is 0.0610. The molecule has 3 aliphatic rings. The lowest BCUT2D eigenvalue weighted by atomic mass is 9.78. The van der Waals surface area contributed by atoms with E-state index in [2.05, 4.69) is 10.4 Å². The normalized spacial score (nSPS) is 24.2. The van der Waals surface area contributed by atoms with Crippen LogP contribution in [0.4, 0.5) is 27.8 Å². The highest BCUT2D eigenvalue weighted by atomic mass is 19.4. The summed E-state index contributed by atoms with van der Waals surface area (Å²) >= 11 is 0. The van der Waals surface area contributed by atoms with Crippen LogP contribution in [-0.2, 0) is 4.79 Å². The van der Waals surface area contributed by atoms with E-state index in [-0.39, 0.29) is 37.6 Å². The Morgan fingerprint density at radius 3 is 2.33 bits per heavy atom. The van der Waals surface area contributed by atoms with E-state index in [1.54, 1.807) is 11.6 Å². The van der Waals surface area contributed by atoms with Crippen LogP contribution in [0.5, 0.6) is 0 Å². The molecule has 0 saturated heterocycles. The Morgan fingerprint density at radius 1 is 1.26 bits per heavy atom. The molecule has 1 amide bonds. The van der Waals surface area contributed by atoms with Crippen molar-refractivity contribution in [2.75, 3.05) is 5.32 Å². The fourth-order valence-corrected chi connectivity index (χ4v) is 4.02. The predicted octanol–water partition coefficient (Wildman–Crippen LogP) is 5.10. The smallest absolute Gasteiger partial charge is 0.311 e. The SMILES string of the molecule is Cc1c(C2CC(F)(F)C2)nn(C2CCC2)c1NC(=O)CC1(C(F)(F)F)CC1. The van der Waals surface area contributed by atoms with E-state index in [4.69, 9.17) is 0 Å². The van der Waals surface area contributed by atoms with E-state index >= 15 is 0 Å². The molecule has 150 valence electrons. The topological polar surface area (TPSA) is 46.9 Å². The van der Waals surface area contributed by atoms with E-state index in [1.807, 2.05) is 0 Å². The maximum Gasteiger partial charge on any atom is 0.395 e. The molecule has 4 rings (SSSR count). The lowest BCUT2D eigenvalue weighted by molar-refractivity contribution is -0.189. The van der Waals surface area contributed by atoms with Gasteiger partial charge in [-0.1, -0.05) is 0 Å². The highest BCUT2D eigenvalue weighted by molar-refractivity contribution is 5.91. The summed E-state index contributed by atoms with van der Waals surface area (Å²) in [6.45, 7) is 1.69. The van der Waals surface area contributed by atoms with E-state index in [0.29, 0.717) is 17.1 Å². The zero-order valence-electron chi connectivity index (χ0n) is 15.0. The summed E-state index contributed by atoms with van der Waals surface area (Å²) in [5, 5.41) is 7.09. The van der Waals surface area contributed by atoms with Crippen LogP contribution in [-0.4, -0.2) is 27.8 Å². The van der Waals surface area contributed by atoms with Crippen LogP contribution in [0.15, 0.2) is 0 Å². The van der Waals surface area contributed by atoms with Gasteiger partial charge in [0.15, 0.2) is 0 Å². The zero-order chi connectivity index (χ0) is 19.6. The third-order valence-corrected chi connectivity index (χ3v) is 6.29. The Morgan fingerprint density at radius 2 is 1.89 bits per heavy atom. The largest absolute Gasteiger partial charge is 0.395 e. The number of anilines is 1. The molecule has 27 heavy (non-hydrogen) atoms. The first-order valence-corrected chi connectivity index (χ1v) is 9.35. The number of carbonyl (C=O) groups excluding carboxylic acids is 1. The molecule has 1 aromatic rings. The lowest BCUT2D eigenvalue weighted by Crippen LogP contribution is -2.34. The van der Waals surface area contributed by atoms with Gasteiger partial charge in [-0.25, -0.2) is 13.5 Å². The van der Waals surface area contributed by atoms with Crippen molar-refractivity contribution >= 4 is 11.7 Å². The first-order chi connectivity index (χ1) is 12.5. The van der Waals surface area contributed by atoms with Gasteiger partial charge in [-0.15, -0.1) is 0 Å². The molecule has 1 heterocycles. The first kappa shape index (κ1) is 18.7. The monoisotopic (exact) mass is 391 g/mol. The summed E-state index contributed by atoms with van der Waals surface area (Å²) in [5.74, 6) is -3.39. The second-order valence-corrected chi connectivity index (χ2v) is 8.35. The molecule has 0 aliphatic heterocycles. The summed E-state index contributed by atoms with van der Waals surface area (Å²) in [6.07, 6.45) is -2.90. The van der Waals surface area contributed by atoms with Crippen molar-refractivity contribution in [1.82, 2.24) is 9.78 Å². The molecule has 4 nitrogen and oxygen atoms in total. The zero-order valence-corrected chi connectivity index (χ0v) is 15.0. The number of amides is 1. The molecule has 0 radical (unpaired) electrons. The molecule has 3 aliphatic carbocycles. The van der Waals surface area contributed by atoms with E-state index in [0.717, 1.165) is 19.3 Å². The van der Waals surface area contributed by atoms with Crippen molar-refractivity contribution < 1.29 is 26.7 Å². The van der Waals surface area contributed by atoms with Crippen LogP contribution in [0.2, 0.25) is 0 Å². The van der Waals surface area contributed by atoms with Crippen LogP contribution >= 0.6 is 0 Å². The van der Waals surface area contributed by atoms with Gasteiger partial charge in [-0.05, 0) is 39.0 Å². The summed E-state index contributed by atoms with van der Waals surface area (Å²) < 4.78 is 67.5. The van der Waals surface area contributed by atoms with Crippen molar-refractivity contribution in [3.05, 3.63) is 11.3 Å². The molecule has 0 atom stereocenters. The third-order valence-electron chi connectivity index (χ3n) is 6.29. The molecule has 0 spiro atoms. The quantitative estimate of drug-likeness (QED) is 0.710. The molecule has 1 N–H and O–H groups in total. The Hall–Kier alpha value is -1.67. The predicted molar refractivity (Wildman–Crippen MR) is 87.7 cm³/mol. The minimum absolute atomic E-state index is 0.0345. The molecule has 3 saturated carbocycles. The highest BCUT2D eigenvalue weighted by Gasteiger charge is 2.63. The van der Waals surface area contributed by atoms with Gasteiger partial charge in [-0.2, -0.15) is 18.3 Å².